The van der Waals surface area contributed by atoms with Gasteiger partial charge in [0.25, 0.3) is 0 Å². The highest BCUT2D eigenvalue weighted by molar-refractivity contribution is 4.76. The summed E-state index contributed by atoms with van der Waals surface area (Å²) in [6, 6.07) is 0. The Labute approximate surface area is 78.6 Å². The normalized spacial score (nSPS) is 30.7. The van der Waals surface area contributed by atoms with Crippen LogP contribution in [0.1, 0.15) is 19.3 Å². The fourth-order valence-electron chi connectivity index (χ4n) is 1.75. The second-order valence-corrected chi connectivity index (χ2v) is 3.83. The van der Waals surface area contributed by atoms with E-state index < -0.39 is 6.10 Å². The Bertz CT molecular complexity index is 143. The molecule has 4 nitrogen and oxygen atoms in total. The first-order chi connectivity index (χ1) is 6.22. The van der Waals surface area contributed by atoms with Crippen LogP contribution in [0, 0.1) is 5.92 Å². The van der Waals surface area contributed by atoms with Gasteiger partial charge < -0.3 is 20.6 Å². The van der Waals surface area contributed by atoms with Crippen LogP contribution in [0.15, 0.2) is 0 Å². The molecule has 0 spiro atoms. The summed E-state index contributed by atoms with van der Waals surface area (Å²) in [5.74, 6) is 0.529. The molecule has 3 atom stereocenters. The lowest BCUT2D eigenvalue weighted by atomic mass is 10.1. The van der Waals surface area contributed by atoms with E-state index in [1.165, 1.54) is 0 Å². The van der Waals surface area contributed by atoms with Gasteiger partial charge in [-0.1, -0.05) is 0 Å². The van der Waals surface area contributed by atoms with Crippen molar-refractivity contribution in [2.24, 2.45) is 5.92 Å². The molecule has 13 heavy (non-hydrogen) atoms. The molecule has 4 heteroatoms. The Balaban J connectivity index is 2.00. The fraction of sp³-hybridized carbons (Fsp3) is 1.00. The van der Waals surface area contributed by atoms with Crippen molar-refractivity contribution in [1.29, 1.82) is 0 Å². The number of hydrogen-bond donors (Lipinski definition) is 4. The zero-order chi connectivity index (χ0) is 9.68. The minimum atomic E-state index is -0.661. The van der Waals surface area contributed by atoms with E-state index in [1.807, 2.05) is 0 Å². The van der Waals surface area contributed by atoms with E-state index in [-0.39, 0.29) is 12.7 Å². The molecule has 78 valence electrons. The van der Waals surface area contributed by atoms with E-state index in [1.54, 1.807) is 0 Å². The molecule has 1 rings (SSSR count). The smallest absolute Gasteiger partial charge is 0.0894 e. The third-order valence-electron chi connectivity index (χ3n) is 2.54. The van der Waals surface area contributed by atoms with E-state index in [0.717, 1.165) is 25.8 Å². The van der Waals surface area contributed by atoms with Crippen LogP contribution in [-0.4, -0.2) is 47.2 Å². The maximum absolute atomic E-state index is 9.24. The molecule has 1 aliphatic carbocycles. The van der Waals surface area contributed by atoms with Crippen LogP contribution < -0.4 is 5.32 Å². The molecular formula is C9H19NO3. The second-order valence-electron chi connectivity index (χ2n) is 3.83. The number of nitrogens with one attached hydrogen (secondary N) is 1. The van der Waals surface area contributed by atoms with Gasteiger partial charge in [-0.05, 0) is 31.7 Å². The maximum Gasteiger partial charge on any atom is 0.0894 e. The average Bonchev–Trinajstić information content (AvgIpc) is 2.51. The van der Waals surface area contributed by atoms with Crippen molar-refractivity contribution in [1.82, 2.24) is 5.32 Å². The first-order valence-electron chi connectivity index (χ1n) is 4.90. The highest BCUT2D eigenvalue weighted by Crippen LogP contribution is 2.24. The Morgan fingerprint density at radius 1 is 1.38 bits per heavy atom. The van der Waals surface area contributed by atoms with E-state index in [9.17, 15) is 5.11 Å². The van der Waals surface area contributed by atoms with Crippen molar-refractivity contribution in [3.8, 4) is 0 Å². The van der Waals surface area contributed by atoms with Crippen molar-refractivity contribution in [2.45, 2.75) is 31.5 Å². The highest BCUT2D eigenvalue weighted by atomic mass is 16.3. The first kappa shape index (κ1) is 10.9. The largest absolute Gasteiger partial charge is 0.394 e. The summed E-state index contributed by atoms with van der Waals surface area (Å²) in [5, 5.41) is 29.9. The standard InChI is InChI=1S/C9H19NO3/c11-6-9(13)5-10-4-7-1-2-8(12)3-7/h7-13H,1-6H2. The predicted molar refractivity (Wildman–Crippen MR) is 49.3 cm³/mol. The molecule has 0 amide bonds. The Morgan fingerprint density at radius 2 is 2.15 bits per heavy atom. The number of aliphatic hydroxyl groups excluding tert-OH is 3. The summed E-state index contributed by atoms with van der Waals surface area (Å²) < 4.78 is 0. The fourth-order valence-corrected chi connectivity index (χ4v) is 1.75. The van der Waals surface area contributed by atoms with Gasteiger partial charge in [0.2, 0.25) is 0 Å². The SMILES string of the molecule is OCC(O)CNCC1CCC(O)C1. The molecule has 0 aliphatic heterocycles. The summed E-state index contributed by atoms with van der Waals surface area (Å²) >= 11 is 0. The van der Waals surface area contributed by atoms with Crippen LogP contribution in [0.25, 0.3) is 0 Å². The van der Waals surface area contributed by atoms with E-state index in [4.69, 9.17) is 10.2 Å². The molecule has 3 unspecified atom stereocenters. The van der Waals surface area contributed by atoms with Crippen LogP contribution in [-0.2, 0) is 0 Å². The summed E-state index contributed by atoms with van der Waals surface area (Å²) in [7, 11) is 0. The van der Waals surface area contributed by atoms with Gasteiger partial charge in [-0.2, -0.15) is 0 Å². The van der Waals surface area contributed by atoms with Crippen LogP contribution >= 0.6 is 0 Å². The van der Waals surface area contributed by atoms with Gasteiger partial charge in [-0.15, -0.1) is 0 Å². The van der Waals surface area contributed by atoms with Gasteiger partial charge in [-0.25, -0.2) is 0 Å². The van der Waals surface area contributed by atoms with Crippen LogP contribution in [0.2, 0.25) is 0 Å². The second kappa shape index (κ2) is 5.54. The molecule has 0 aromatic carbocycles. The Morgan fingerprint density at radius 3 is 2.69 bits per heavy atom. The Kier molecular flexibility index (Phi) is 4.66. The van der Waals surface area contributed by atoms with E-state index in [2.05, 4.69) is 5.32 Å². The molecule has 0 heterocycles. The van der Waals surface area contributed by atoms with Gasteiger partial charge in [-0.3, -0.25) is 0 Å². The van der Waals surface area contributed by atoms with Gasteiger partial charge in [0.15, 0.2) is 0 Å². The lowest BCUT2D eigenvalue weighted by Gasteiger charge is -2.12. The minimum Gasteiger partial charge on any atom is -0.394 e. The van der Waals surface area contributed by atoms with Crippen LogP contribution in [0.5, 0.6) is 0 Å². The summed E-state index contributed by atoms with van der Waals surface area (Å²) in [6.07, 6.45) is 2.03. The first-order valence-corrected chi connectivity index (χ1v) is 4.90. The topological polar surface area (TPSA) is 72.7 Å². The predicted octanol–water partition coefficient (Wildman–Crippen LogP) is -0.910. The van der Waals surface area contributed by atoms with E-state index in [0.29, 0.717) is 12.5 Å². The molecule has 0 bridgehead atoms. The summed E-state index contributed by atoms with van der Waals surface area (Å²) in [6.45, 7) is 1.07. The number of aliphatic hydroxyl groups is 3. The molecule has 4 N–H and O–H groups in total. The third kappa shape index (κ3) is 4.04. The Hall–Kier alpha value is -0.160. The zero-order valence-corrected chi connectivity index (χ0v) is 7.82. The molecule has 0 aromatic rings. The van der Waals surface area contributed by atoms with Gasteiger partial charge >= 0.3 is 0 Å². The molecule has 0 radical (unpaired) electrons. The summed E-state index contributed by atoms with van der Waals surface area (Å²) in [5.41, 5.74) is 0. The molecule has 1 saturated carbocycles. The van der Waals surface area contributed by atoms with Crippen molar-refractivity contribution in [3.63, 3.8) is 0 Å². The monoisotopic (exact) mass is 189 g/mol. The lowest BCUT2D eigenvalue weighted by molar-refractivity contribution is 0.0934. The maximum atomic E-state index is 9.24. The van der Waals surface area contributed by atoms with Gasteiger partial charge in [0.05, 0.1) is 18.8 Å². The molecule has 0 aromatic heterocycles. The number of hydrogen-bond acceptors (Lipinski definition) is 4. The third-order valence-corrected chi connectivity index (χ3v) is 2.54. The molecule has 1 aliphatic rings. The highest BCUT2D eigenvalue weighted by Gasteiger charge is 2.22. The lowest BCUT2D eigenvalue weighted by Crippen LogP contribution is -2.32. The van der Waals surface area contributed by atoms with Crippen LogP contribution in [0.4, 0.5) is 0 Å². The van der Waals surface area contributed by atoms with Crippen LogP contribution in [0.3, 0.4) is 0 Å². The van der Waals surface area contributed by atoms with Crippen molar-refractivity contribution in [3.05, 3.63) is 0 Å². The van der Waals surface area contributed by atoms with Crippen molar-refractivity contribution >= 4 is 0 Å². The molecular weight excluding hydrogens is 170 g/mol. The zero-order valence-electron chi connectivity index (χ0n) is 7.82. The number of rotatable bonds is 5. The van der Waals surface area contributed by atoms with Gasteiger partial charge in [0, 0.05) is 6.54 Å². The van der Waals surface area contributed by atoms with Gasteiger partial charge in [0.1, 0.15) is 0 Å². The summed E-state index contributed by atoms with van der Waals surface area (Å²) in [4.78, 5) is 0. The van der Waals surface area contributed by atoms with Crippen molar-refractivity contribution < 1.29 is 15.3 Å². The van der Waals surface area contributed by atoms with E-state index >= 15 is 0 Å². The van der Waals surface area contributed by atoms with Crippen molar-refractivity contribution in [2.75, 3.05) is 19.7 Å². The quantitative estimate of drug-likeness (QED) is 0.452. The minimum absolute atomic E-state index is 0.130. The molecule has 1 fully saturated rings. The average molecular weight is 189 g/mol. The molecule has 0 saturated heterocycles.